The van der Waals surface area contributed by atoms with Gasteiger partial charge in [-0.1, -0.05) is 0 Å². The van der Waals surface area contributed by atoms with Crippen LogP contribution in [0.25, 0.3) is 0 Å². The lowest BCUT2D eigenvalue weighted by Crippen LogP contribution is -2.22. The van der Waals surface area contributed by atoms with Crippen molar-refractivity contribution in [3.63, 3.8) is 0 Å². The maximum absolute atomic E-state index is 9.46. The molecule has 1 aliphatic heterocycles. The Kier molecular flexibility index (Phi) is 2.89. The van der Waals surface area contributed by atoms with Gasteiger partial charge in [0, 0.05) is 19.2 Å². The Bertz CT molecular complexity index is 373. The molecule has 2 atom stereocenters. The molecule has 5 nitrogen and oxygen atoms in total. The molecule has 1 fully saturated rings. The van der Waals surface area contributed by atoms with Gasteiger partial charge in [-0.3, -0.25) is 0 Å². The number of nitrogens with zero attached hydrogens (tertiary/aromatic N) is 1. The number of hydrogen-bond donors (Lipinski definition) is 3. The fourth-order valence-electron chi connectivity index (χ4n) is 1.91. The molecule has 0 amide bonds. The quantitative estimate of drug-likeness (QED) is 0.607. The van der Waals surface area contributed by atoms with Crippen molar-refractivity contribution in [3.8, 4) is 5.75 Å². The first kappa shape index (κ1) is 11.0. The van der Waals surface area contributed by atoms with Crippen molar-refractivity contribution < 1.29 is 14.9 Å². The molecule has 5 heteroatoms. The van der Waals surface area contributed by atoms with E-state index in [2.05, 4.69) is 0 Å². The topological polar surface area (TPSA) is 79.0 Å². The maximum atomic E-state index is 9.46. The Labute approximate surface area is 94.1 Å². The van der Waals surface area contributed by atoms with Crippen LogP contribution in [0, 0.1) is 0 Å². The number of anilines is 2. The minimum atomic E-state index is -0.707. The number of nitrogens with two attached hydrogens (primary N) is 1. The van der Waals surface area contributed by atoms with Crippen LogP contribution in [-0.2, 0) is 0 Å². The van der Waals surface area contributed by atoms with Gasteiger partial charge in [0.15, 0.2) is 0 Å². The third kappa shape index (κ3) is 1.91. The molecule has 88 valence electrons. The zero-order chi connectivity index (χ0) is 11.7. The molecular formula is C11H16N2O3. The number of ether oxygens (including phenoxy) is 1. The molecule has 0 aliphatic carbocycles. The molecule has 0 radical (unpaired) electrons. The van der Waals surface area contributed by atoms with E-state index in [1.54, 1.807) is 13.2 Å². The zero-order valence-corrected chi connectivity index (χ0v) is 9.13. The average Bonchev–Trinajstić information content (AvgIpc) is 2.58. The first-order valence-corrected chi connectivity index (χ1v) is 5.16. The van der Waals surface area contributed by atoms with Crippen molar-refractivity contribution in [1.82, 2.24) is 0 Å². The monoisotopic (exact) mass is 224 g/mol. The molecule has 1 saturated heterocycles. The third-order valence-electron chi connectivity index (χ3n) is 2.83. The molecular weight excluding hydrogens is 208 g/mol. The van der Waals surface area contributed by atoms with E-state index in [0.717, 1.165) is 5.69 Å². The summed E-state index contributed by atoms with van der Waals surface area (Å²) in [6.07, 6.45) is -1.41. The van der Waals surface area contributed by atoms with Crippen LogP contribution in [0.15, 0.2) is 18.2 Å². The third-order valence-corrected chi connectivity index (χ3v) is 2.83. The highest BCUT2D eigenvalue weighted by Crippen LogP contribution is 2.30. The van der Waals surface area contributed by atoms with E-state index in [4.69, 9.17) is 10.5 Å². The van der Waals surface area contributed by atoms with Gasteiger partial charge >= 0.3 is 0 Å². The number of hydrogen-bond acceptors (Lipinski definition) is 5. The second kappa shape index (κ2) is 4.19. The highest BCUT2D eigenvalue weighted by atomic mass is 16.5. The molecule has 4 N–H and O–H groups in total. The lowest BCUT2D eigenvalue weighted by Gasteiger charge is -2.20. The second-order valence-corrected chi connectivity index (χ2v) is 3.96. The van der Waals surface area contributed by atoms with Gasteiger partial charge in [-0.25, -0.2) is 0 Å². The summed E-state index contributed by atoms with van der Waals surface area (Å²) in [5.74, 6) is 0.696. The van der Waals surface area contributed by atoms with Crippen molar-refractivity contribution in [2.75, 3.05) is 30.8 Å². The highest BCUT2D eigenvalue weighted by Gasteiger charge is 2.30. The Hall–Kier alpha value is -1.46. The normalized spacial score (nSPS) is 24.8. The van der Waals surface area contributed by atoms with Crippen LogP contribution < -0.4 is 15.4 Å². The number of rotatable bonds is 2. The smallest absolute Gasteiger partial charge is 0.121 e. The summed E-state index contributed by atoms with van der Waals surface area (Å²) < 4.78 is 5.06. The molecule has 1 aromatic rings. The summed E-state index contributed by atoms with van der Waals surface area (Å²) in [6, 6.07) is 5.37. The number of benzene rings is 1. The van der Waals surface area contributed by atoms with Crippen molar-refractivity contribution >= 4 is 11.4 Å². The summed E-state index contributed by atoms with van der Waals surface area (Å²) in [6.45, 7) is 0.801. The van der Waals surface area contributed by atoms with Crippen molar-refractivity contribution in [3.05, 3.63) is 18.2 Å². The van der Waals surface area contributed by atoms with Crippen LogP contribution in [0.4, 0.5) is 11.4 Å². The Morgan fingerprint density at radius 3 is 2.44 bits per heavy atom. The van der Waals surface area contributed by atoms with Gasteiger partial charge in [0.1, 0.15) is 5.75 Å². The number of aliphatic hydroxyl groups is 2. The predicted octanol–water partition coefficient (Wildman–Crippen LogP) is -0.181. The van der Waals surface area contributed by atoms with E-state index in [9.17, 15) is 10.2 Å². The Balaban J connectivity index is 2.22. The van der Waals surface area contributed by atoms with Crippen molar-refractivity contribution in [2.45, 2.75) is 12.2 Å². The molecule has 0 saturated carbocycles. The minimum absolute atomic E-state index is 0.400. The van der Waals surface area contributed by atoms with E-state index in [-0.39, 0.29) is 0 Å². The molecule has 2 unspecified atom stereocenters. The summed E-state index contributed by atoms with van der Waals surface area (Å²) in [7, 11) is 1.58. The molecule has 0 bridgehead atoms. The fraction of sp³-hybridized carbons (Fsp3) is 0.455. The first-order chi connectivity index (χ1) is 7.61. The molecule has 0 spiro atoms. The number of β-amino-alcohol motifs (C(OH)–C–C–N with tert-alkyl or cyclic N) is 2. The highest BCUT2D eigenvalue weighted by molar-refractivity contribution is 5.70. The fourth-order valence-corrected chi connectivity index (χ4v) is 1.91. The summed E-state index contributed by atoms with van der Waals surface area (Å²) in [4.78, 5) is 1.87. The van der Waals surface area contributed by atoms with Gasteiger partial charge in [-0.15, -0.1) is 0 Å². The maximum Gasteiger partial charge on any atom is 0.121 e. The summed E-state index contributed by atoms with van der Waals surface area (Å²) >= 11 is 0. The number of methoxy groups -OCH3 is 1. The van der Waals surface area contributed by atoms with Gasteiger partial charge < -0.3 is 25.6 Å². The second-order valence-electron chi connectivity index (χ2n) is 3.96. The van der Waals surface area contributed by atoms with E-state index in [0.29, 0.717) is 24.5 Å². The van der Waals surface area contributed by atoms with Gasteiger partial charge in [0.25, 0.3) is 0 Å². The number of nitrogen functional groups attached to an aromatic ring is 1. The summed E-state index contributed by atoms with van der Waals surface area (Å²) in [5, 5.41) is 18.9. The van der Waals surface area contributed by atoms with Crippen LogP contribution in [0.2, 0.25) is 0 Å². The number of aliphatic hydroxyl groups excluding tert-OH is 2. The van der Waals surface area contributed by atoms with Crippen LogP contribution in [0.3, 0.4) is 0 Å². The lowest BCUT2D eigenvalue weighted by molar-refractivity contribution is 0.0572. The van der Waals surface area contributed by atoms with Gasteiger partial charge in [-0.2, -0.15) is 0 Å². The molecule has 1 aromatic carbocycles. The SMILES string of the molecule is COc1ccc(N2CC(O)C(O)C2)c(N)c1. The van der Waals surface area contributed by atoms with E-state index < -0.39 is 12.2 Å². The van der Waals surface area contributed by atoms with Crippen LogP contribution in [-0.4, -0.2) is 42.6 Å². The van der Waals surface area contributed by atoms with Gasteiger partial charge in [-0.05, 0) is 12.1 Å². The molecule has 1 aliphatic rings. The minimum Gasteiger partial charge on any atom is -0.497 e. The van der Waals surface area contributed by atoms with Crippen molar-refractivity contribution in [2.24, 2.45) is 0 Å². The van der Waals surface area contributed by atoms with E-state index >= 15 is 0 Å². The zero-order valence-electron chi connectivity index (χ0n) is 9.13. The van der Waals surface area contributed by atoms with Crippen molar-refractivity contribution in [1.29, 1.82) is 0 Å². The molecule has 16 heavy (non-hydrogen) atoms. The Morgan fingerprint density at radius 1 is 1.31 bits per heavy atom. The largest absolute Gasteiger partial charge is 0.497 e. The van der Waals surface area contributed by atoms with E-state index in [1.807, 2.05) is 17.0 Å². The van der Waals surface area contributed by atoms with Crippen LogP contribution in [0.5, 0.6) is 5.75 Å². The first-order valence-electron chi connectivity index (χ1n) is 5.16. The standard InChI is InChI=1S/C11H16N2O3/c1-16-7-2-3-9(8(12)4-7)13-5-10(14)11(15)6-13/h2-4,10-11,14-15H,5-6,12H2,1H3. The lowest BCUT2D eigenvalue weighted by atomic mass is 10.2. The summed E-state index contributed by atoms with van der Waals surface area (Å²) in [5.41, 5.74) is 7.28. The molecule has 2 rings (SSSR count). The van der Waals surface area contributed by atoms with Crippen LogP contribution in [0.1, 0.15) is 0 Å². The predicted molar refractivity (Wildman–Crippen MR) is 61.6 cm³/mol. The Morgan fingerprint density at radius 2 is 1.94 bits per heavy atom. The molecule has 0 aromatic heterocycles. The average molecular weight is 224 g/mol. The van der Waals surface area contributed by atoms with E-state index in [1.165, 1.54) is 0 Å². The van der Waals surface area contributed by atoms with Crippen LogP contribution >= 0.6 is 0 Å². The molecule has 1 heterocycles. The van der Waals surface area contributed by atoms with Gasteiger partial charge in [0.2, 0.25) is 0 Å². The van der Waals surface area contributed by atoms with Gasteiger partial charge in [0.05, 0.1) is 30.7 Å².